The molecule has 0 aliphatic heterocycles. The largest absolute Gasteiger partial charge is 0.354 e. The number of carbonyl (C=O) groups is 1. The van der Waals surface area contributed by atoms with Crippen LogP contribution in [-0.4, -0.2) is 56.3 Å². The van der Waals surface area contributed by atoms with Crippen LogP contribution in [0.5, 0.6) is 0 Å². The average Bonchev–Trinajstić information content (AvgIpc) is 2.88. The summed E-state index contributed by atoms with van der Waals surface area (Å²) in [4.78, 5) is 15.9. The van der Waals surface area contributed by atoms with Crippen LogP contribution in [0.2, 0.25) is 0 Å². The van der Waals surface area contributed by atoms with Crippen LogP contribution in [-0.2, 0) is 14.8 Å². The predicted octanol–water partition coefficient (Wildman–Crippen LogP) is 1.97. The molecular formula is C17H30Cl2N4O3S. The number of nitrogens with zero attached hydrogens (tertiary/aromatic N) is 2. The molecule has 0 unspecified atom stereocenters. The van der Waals surface area contributed by atoms with E-state index in [2.05, 4.69) is 15.6 Å². The van der Waals surface area contributed by atoms with Crippen molar-refractivity contribution in [3.05, 3.63) is 24.5 Å². The third-order valence-electron chi connectivity index (χ3n) is 4.44. The van der Waals surface area contributed by atoms with Crippen LogP contribution in [0.4, 0.5) is 0 Å². The van der Waals surface area contributed by atoms with Gasteiger partial charge in [-0.3, -0.25) is 9.78 Å². The fraction of sp³-hybridized carbons (Fsp3) is 0.647. The lowest BCUT2D eigenvalue weighted by Gasteiger charge is -2.18. The van der Waals surface area contributed by atoms with Crippen molar-refractivity contribution in [1.82, 2.24) is 19.9 Å². The summed E-state index contributed by atoms with van der Waals surface area (Å²) in [6.07, 6.45) is 10.3. The Labute approximate surface area is 174 Å². The highest BCUT2D eigenvalue weighted by atomic mass is 35.5. The molecule has 1 aromatic heterocycles. The number of rotatable bonds is 8. The number of nitrogens with one attached hydrogen (secondary N) is 2. The monoisotopic (exact) mass is 440 g/mol. The number of sulfonamides is 1. The van der Waals surface area contributed by atoms with E-state index in [1.54, 1.807) is 6.07 Å². The van der Waals surface area contributed by atoms with Crippen LogP contribution in [0, 0.1) is 0 Å². The van der Waals surface area contributed by atoms with Crippen molar-refractivity contribution in [1.29, 1.82) is 0 Å². The van der Waals surface area contributed by atoms with Gasteiger partial charge < -0.3 is 10.6 Å². The number of hydrogen-bond acceptors (Lipinski definition) is 5. The van der Waals surface area contributed by atoms with Crippen molar-refractivity contribution in [3.8, 4) is 0 Å². The zero-order valence-corrected chi connectivity index (χ0v) is 18.0. The molecule has 1 heterocycles. The summed E-state index contributed by atoms with van der Waals surface area (Å²) in [5, 5.41) is 6.24. The van der Waals surface area contributed by atoms with Crippen LogP contribution in [0.25, 0.3) is 0 Å². The molecule has 1 saturated carbocycles. The van der Waals surface area contributed by atoms with Crippen LogP contribution in [0.3, 0.4) is 0 Å². The smallest absolute Gasteiger partial charge is 0.244 e. The fourth-order valence-corrected chi connectivity index (χ4v) is 4.08. The highest BCUT2D eigenvalue weighted by Gasteiger charge is 2.22. The Morgan fingerprint density at radius 1 is 1.19 bits per heavy atom. The molecule has 0 radical (unpaired) electrons. The quantitative estimate of drug-likeness (QED) is 0.476. The number of likely N-dealkylation sites (N-methyl/N-ethyl adjacent to an activating group) is 1. The van der Waals surface area contributed by atoms with Crippen LogP contribution in [0.15, 0.2) is 29.4 Å². The number of carbonyl (C=O) groups excluding carboxylic acids is 1. The van der Waals surface area contributed by atoms with E-state index in [0.29, 0.717) is 19.1 Å². The average molecular weight is 441 g/mol. The Balaban J connectivity index is 0.00000338. The number of hydrogen-bond donors (Lipinski definition) is 2. The van der Waals surface area contributed by atoms with E-state index in [9.17, 15) is 13.2 Å². The Morgan fingerprint density at radius 2 is 1.85 bits per heavy atom. The molecular weight excluding hydrogens is 411 g/mol. The maximum absolute atomic E-state index is 12.3. The summed E-state index contributed by atoms with van der Waals surface area (Å²) < 4.78 is 25.7. The van der Waals surface area contributed by atoms with E-state index in [1.165, 1.54) is 64.0 Å². The van der Waals surface area contributed by atoms with Gasteiger partial charge in [0.15, 0.2) is 0 Å². The minimum Gasteiger partial charge on any atom is -0.354 e. The van der Waals surface area contributed by atoms with Crippen molar-refractivity contribution in [3.63, 3.8) is 0 Å². The second-order valence-electron chi connectivity index (χ2n) is 6.44. The van der Waals surface area contributed by atoms with Gasteiger partial charge in [0.25, 0.3) is 0 Å². The fourth-order valence-electron chi connectivity index (χ4n) is 2.98. The normalized spacial score (nSPS) is 15.3. The van der Waals surface area contributed by atoms with E-state index < -0.39 is 10.0 Å². The van der Waals surface area contributed by atoms with Crippen LogP contribution in [0.1, 0.15) is 38.5 Å². The van der Waals surface area contributed by atoms with Gasteiger partial charge >= 0.3 is 0 Å². The molecule has 10 heteroatoms. The molecule has 156 valence electrons. The van der Waals surface area contributed by atoms with Crippen LogP contribution >= 0.6 is 24.8 Å². The van der Waals surface area contributed by atoms with E-state index in [4.69, 9.17) is 0 Å². The van der Waals surface area contributed by atoms with Gasteiger partial charge in [-0.25, -0.2) is 8.42 Å². The van der Waals surface area contributed by atoms with E-state index >= 15 is 0 Å². The van der Waals surface area contributed by atoms with E-state index in [0.717, 1.165) is 4.31 Å². The third kappa shape index (κ3) is 8.74. The van der Waals surface area contributed by atoms with Gasteiger partial charge in [0.05, 0.1) is 6.54 Å². The van der Waals surface area contributed by atoms with E-state index in [1.807, 2.05) is 0 Å². The molecule has 2 rings (SSSR count). The molecule has 1 aliphatic rings. The number of pyridine rings is 1. The van der Waals surface area contributed by atoms with Crippen molar-refractivity contribution in [2.24, 2.45) is 0 Å². The highest BCUT2D eigenvalue weighted by Crippen LogP contribution is 2.16. The molecule has 0 bridgehead atoms. The Bertz CT molecular complexity index is 639. The number of aromatic nitrogens is 1. The summed E-state index contributed by atoms with van der Waals surface area (Å²) in [5.74, 6) is -0.308. The van der Waals surface area contributed by atoms with Crippen molar-refractivity contribution < 1.29 is 13.2 Å². The molecule has 0 aromatic carbocycles. The summed E-state index contributed by atoms with van der Waals surface area (Å²) in [5.41, 5.74) is 0. The lowest BCUT2D eigenvalue weighted by Crippen LogP contribution is -2.41. The topological polar surface area (TPSA) is 91.4 Å². The molecule has 1 fully saturated rings. The molecule has 2 N–H and O–H groups in total. The molecule has 0 saturated heterocycles. The molecule has 1 aromatic rings. The summed E-state index contributed by atoms with van der Waals surface area (Å²) >= 11 is 0. The van der Waals surface area contributed by atoms with Gasteiger partial charge in [0.2, 0.25) is 15.9 Å². The third-order valence-corrected chi connectivity index (χ3v) is 6.23. The minimum atomic E-state index is -3.69. The molecule has 0 spiro atoms. The molecule has 0 atom stereocenters. The zero-order valence-electron chi connectivity index (χ0n) is 15.6. The maximum atomic E-state index is 12.3. The molecule has 1 amide bonds. The zero-order chi connectivity index (χ0) is 18.1. The maximum Gasteiger partial charge on any atom is 0.244 e. The van der Waals surface area contributed by atoms with E-state index in [-0.39, 0.29) is 42.2 Å². The lowest BCUT2D eigenvalue weighted by molar-refractivity contribution is -0.121. The Kier molecular flexibility index (Phi) is 12.8. The first-order chi connectivity index (χ1) is 12.0. The van der Waals surface area contributed by atoms with Gasteiger partial charge in [-0.15, -0.1) is 24.8 Å². The first kappa shape index (κ1) is 26.1. The first-order valence-corrected chi connectivity index (χ1v) is 10.3. The second-order valence-corrected chi connectivity index (χ2v) is 8.49. The minimum absolute atomic E-state index is 0. The van der Waals surface area contributed by atoms with Gasteiger partial charge in [0, 0.05) is 38.6 Å². The van der Waals surface area contributed by atoms with Crippen LogP contribution < -0.4 is 10.6 Å². The van der Waals surface area contributed by atoms with Crippen molar-refractivity contribution in [2.45, 2.75) is 49.5 Å². The summed E-state index contributed by atoms with van der Waals surface area (Å²) in [7, 11) is -2.30. The van der Waals surface area contributed by atoms with Gasteiger partial charge in [-0.1, -0.05) is 25.7 Å². The second kappa shape index (κ2) is 13.3. The highest BCUT2D eigenvalue weighted by molar-refractivity contribution is 7.89. The first-order valence-electron chi connectivity index (χ1n) is 8.86. The molecule has 7 nitrogen and oxygen atoms in total. The van der Waals surface area contributed by atoms with Crippen molar-refractivity contribution in [2.75, 3.05) is 26.7 Å². The van der Waals surface area contributed by atoms with Gasteiger partial charge in [0.1, 0.15) is 4.90 Å². The summed E-state index contributed by atoms with van der Waals surface area (Å²) in [6, 6.07) is 3.56. The lowest BCUT2D eigenvalue weighted by atomic mass is 10.1. The van der Waals surface area contributed by atoms with Crippen molar-refractivity contribution >= 4 is 40.7 Å². The predicted molar refractivity (Wildman–Crippen MR) is 111 cm³/mol. The SMILES string of the molecule is CN(CC(=O)NCCNC1CCCCCC1)S(=O)(=O)c1cccnc1.Cl.Cl. The number of amides is 1. The molecule has 27 heavy (non-hydrogen) atoms. The summed E-state index contributed by atoms with van der Waals surface area (Å²) in [6.45, 7) is 0.992. The Morgan fingerprint density at radius 3 is 2.44 bits per heavy atom. The van der Waals surface area contributed by atoms with Gasteiger partial charge in [-0.2, -0.15) is 4.31 Å². The van der Waals surface area contributed by atoms with Gasteiger partial charge in [-0.05, 0) is 25.0 Å². The number of halogens is 2. The molecule has 1 aliphatic carbocycles. The Hall–Kier alpha value is -0.930. The standard InChI is InChI=1S/C17H28N4O3S.2ClH/c1-21(25(23,24)16-9-6-10-18-13-16)14-17(22)20-12-11-19-15-7-4-2-3-5-8-15;;/h6,9-10,13,15,19H,2-5,7-8,11-12,14H2,1H3,(H,20,22);2*1H.